The molecule has 7 heteroatoms. The second-order valence-corrected chi connectivity index (χ2v) is 9.00. The number of hydrogen-bond acceptors (Lipinski definition) is 4. The standard InChI is InChI=1S/C26H29N3O4/c1-18(19-10-4-2-5-11-19)27-24(32)20-12-6-7-13-21(20)28-22(30)17-29-23(31)16-26(25(29)33)14-8-3-9-15-26/h2,4-7,10-13,18H,3,8-9,14-17H2,1H3,(H,27,32)(H,28,30)/t18-/m0/s1. The first-order valence-corrected chi connectivity index (χ1v) is 11.5. The van der Waals surface area contributed by atoms with E-state index in [4.69, 9.17) is 0 Å². The van der Waals surface area contributed by atoms with Crippen LogP contribution in [-0.4, -0.2) is 35.1 Å². The van der Waals surface area contributed by atoms with Crippen molar-refractivity contribution in [3.8, 4) is 0 Å². The Morgan fingerprint density at radius 2 is 1.64 bits per heavy atom. The Morgan fingerprint density at radius 3 is 2.36 bits per heavy atom. The van der Waals surface area contributed by atoms with Crippen LogP contribution in [0.25, 0.3) is 0 Å². The van der Waals surface area contributed by atoms with Gasteiger partial charge in [-0.05, 0) is 37.5 Å². The van der Waals surface area contributed by atoms with E-state index in [9.17, 15) is 19.2 Å². The van der Waals surface area contributed by atoms with Gasteiger partial charge in [0.2, 0.25) is 17.7 Å². The van der Waals surface area contributed by atoms with E-state index in [1.165, 1.54) is 0 Å². The lowest BCUT2D eigenvalue weighted by atomic mass is 9.73. The summed E-state index contributed by atoms with van der Waals surface area (Å²) in [6, 6.07) is 16.1. The van der Waals surface area contributed by atoms with Crippen LogP contribution in [0.1, 0.15) is 67.4 Å². The minimum Gasteiger partial charge on any atom is -0.345 e. The van der Waals surface area contributed by atoms with Crippen molar-refractivity contribution >= 4 is 29.3 Å². The maximum Gasteiger partial charge on any atom is 0.253 e. The first kappa shape index (κ1) is 22.7. The molecule has 4 amide bonds. The lowest BCUT2D eigenvalue weighted by Crippen LogP contribution is -2.41. The molecule has 0 unspecified atom stereocenters. The van der Waals surface area contributed by atoms with Crippen molar-refractivity contribution in [3.05, 3.63) is 65.7 Å². The summed E-state index contributed by atoms with van der Waals surface area (Å²) in [4.78, 5) is 52.3. The van der Waals surface area contributed by atoms with E-state index in [1.54, 1.807) is 24.3 Å². The molecule has 0 aromatic heterocycles. The second-order valence-electron chi connectivity index (χ2n) is 9.00. The van der Waals surface area contributed by atoms with Gasteiger partial charge in [0.1, 0.15) is 6.54 Å². The van der Waals surface area contributed by atoms with Gasteiger partial charge in [0.25, 0.3) is 5.91 Å². The van der Waals surface area contributed by atoms with Crippen molar-refractivity contribution in [1.82, 2.24) is 10.2 Å². The Kier molecular flexibility index (Phi) is 6.58. The third-order valence-corrected chi connectivity index (χ3v) is 6.69. The van der Waals surface area contributed by atoms with E-state index >= 15 is 0 Å². The quantitative estimate of drug-likeness (QED) is 0.658. The van der Waals surface area contributed by atoms with Crippen LogP contribution in [0.15, 0.2) is 54.6 Å². The van der Waals surface area contributed by atoms with Crippen molar-refractivity contribution in [2.45, 2.75) is 51.5 Å². The number of hydrogen-bond donors (Lipinski definition) is 2. The molecule has 172 valence electrons. The van der Waals surface area contributed by atoms with E-state index in [0.717, 1.165) is 29.7 Å². The Labute approximate surface area is 193 Å². The molecule has 1 saturated carbocycles. The van der Waals surface area contributed by atoms with Gasteiger partial charge in [-0.3, -0.25) is 24.1 Å². The number of amides is 4. The zero-order valence-corrected chi connectivity index (χ0v) is 18.8. The molecule has 0 radical (unpaired) electrons. The minimum absolute atomic E-state index is 0.190. The van der Waals surface area contributed by atoms with Gasteiger partial charge in [-0.1, -0.05) is 61.7 Å². The molecular formula is C26H29N3O4. The summed E-state index contributed by atoms with van der Waals surface area (Å²) in [5.74, 6) is -1.34. The number of carbonyl (C=O) groups is 4. The normalized spacial score (nSPS) is 18.3. The number of nitrogens with one attached hydrogen (secondary N) is 2. The summed E-state index contributed by atoms with van der Waals surface area (Å²) in [5, 5.41) is 5.66. The highest BCUT2D eigenvalue weighted by Crippen LogP contribution is 2.45. The average molecular weight is 448 g/mol. The molecule has 1 spiro atoms. The molecular weight excluding hydrogens is 418 g/mol. The van der Waals surface area contributed by atoms with Gasteiger partial charge in [0, 0.05) is 6.42 Å². The highest BCUT2D eigenvalue weighted by atomic mass is 16.2. The predicted octanol–water partition coefficient (Wildman–Crippen LogP) is 3.83. The zero-order chi connectivity index (χ0) is 23.4. The molecule has 33 heavy (non-hydrogen) atoms. The fourth-order valence-corrected chi connectivity index (χ4v) is 4.86. The van der Waals surface area contributed by atoms with Crippen molar-refractivity contribution in [1.29, 1.82) is 0 Å². The van der Waals surface area contributed by atoms with E-state index in [0.29, 0.717) is 24.1 Å². The van der Waals surface area contributed by atoms with Gasteiger partial charge >= 0.3 is 0 Å². The smallest absolute Gasteiger partial charge is 0.253 e. The van der Waals surface area contributed by atoms with Crippen LogP contribution in [-0.2, 0) is 14.4 Å². The Balaban J connectivity index is 1.42. The number of imide groups is 1. The number of anilines is 1. The fourth-order valence-electron chi connectivity index (χ4n) is 4.86. The van der Waals surface area contributed by atoms with Gasteiger partial charge in [-0.15, -0.1) is 0 Å². The largest absolute Gasteiger partial charge is 0.345 e. The molecule has 1 atom stereocenters. The molecule has 1 heterocycles. The van der Waals surface area contributed by atoms with Crippen LogP contribution >= 0.6 is 0 Å². The topological polar surface area (TPSA) is 95.6 Å². The average Bonchev–Trinajstić information content (AvgIpc) is 3.04. The minimum atomic E-state index is -0.624. The molecule has 2 aromatic carbocycles. The number of carbonyl (C=O) groups excluding carboxylic acids is 4. The first-order valence-electron chi connectivity index (χ1n) is 11.5. The molecule has 2 aliphatic rings. The SMILES string of the molecule is C[C@H](NC(=O)c1ccccc1NC(=O)CN1C(=O)CC2(CCCCC2)C1=O)c1ccccc1. The number of benzene rings is 2. The number of nitrogens with zero attached hydrogens (tertiary/aromatic N) is 1. The summed E-state index contributed by atoms with van der Waals surface area (Å²) in [6.07, 6.45) is 4.55. The lowest BCUT2D eigenvalue weighted by Gasteiger charge is -2.30. The molecule has 7 nitrogen and oxygen atoms in total. The molecule has 2 aromatic rings. The van der Waals surface area contributed by atoms with Crippen LogP contribution in [0.5, 0.6) is 0 Å². The van der Waals surface area contributed by atoms with Gasteiger partial charge < -0.3 is 10.6 Å². The molecule has 0 bridgehead atoms. The molecule has 1 aliphatic carbocycles. The van der Waals surface area contributed by atoms with E-state index < -0.39 is 11.3 Å². The fraction of sp³-hybridized carbons (Fsp3) is 0.385. The highest BCUT2D eigenvalue weighted by molar-refractivity contribution is 6.10. The summed E-state index contributed by atoms with van der Waals surface area (Å²) < 4.78 is 0. The predicted molar refractivity (Wildman–Crippen MR) is 124 cm³/mol. The number of para-hydroxylation sites is 1. The van der Waals surface area contributed by atoms with Crippen LogP contribution in [0.3, 0.4) is 0 Å². The third-order valence-electron chi connectivity index (χ3n) is 6.69. The molecule has 4 rings (SSSR count). The van der Waals surface area contributed by atoms with Gasteiger partial charge in [0.05, 0.1) is 22.7 Å². The van der Waals surface area contributed by atoms with Gasteiger partial charge in [-0.2, -0.15) is 0 Å². The van der Waals surface area contributed by atoms with Crippen LogP contribution < -0.4 is 10.6 Å². The maximum absolute atomic E-state index is 13.0. The van der Waals surface area contributed by atoms with E-state index in [-0.39, 0.29) is 36.7 Å². The van der Waals surface area contributed by atoms with Gasteiger partial charge in [-0.25, -0.2) is 0 Å². The zero-order valence-electron chi connectivity index (χ0n) is 18.8. The Bertz CT molecular complexity index is 1060. The molecule has 2 fully saturated rings. The first-order chi connectivity index (χ1) is 15.9. The lowest BCUT2D eigenvalue weighted by molar-refractivity contribution is -0.144. The molecule has 1 saturated heterocycles. The van der Waals surface area contributed by atoms with Crippen molar-refractivity contribution in [2.24, 2.45) is 5.41 Å². The van der Waals surface area contributed by atoms with Gasteiger partial charge in [0.15, 0.2) is 0 Å². The summed E-state index contributed by atoms with van der Waals surface area (Å²) in [7, 11) is 0. The van der Waals surface area contributed by atoms with E-state index in [2.05, 4.69) is 10.6 Å². The summed E-state index contributed by atoms with van der Waals surface area (Å²) >= 11 is 0. The molecule has 2 N–H and O–H groups in total. The number of likely N-dealkylation sites (tertiary alicyclic amines) is 1. The summed E-state index contributed by atoms with van der Waals surface area (Å²) in [5.41, 5.74) is 0.999. The molecule has 1 aliphatic heterocycles. The highest BCUT2D eigenvalue weighted by Gasteiger charge is 2.51. The van der Waals surface area contributed by atoms with E-state index in [1.807, 2.05) is 37.3 Å². The van der Waals surface area contributed by atoms with Crippen LogP contribution in [0.2, 0.25) is 0 Å². The third kappa shape index (κ3) is 4.82. The Hall–Kier alpha value is -3.48. The summed E-state index contributed by atoms with van der Waals surface area (Å²) in [6.45, 7) is 1.55. The maximum atomic E-state index is 13.0. The van der Waals surface area contributed by atoms with Crippen molar-refractivity contribution in [2.75, 3.05) is 11.9 Å². The monoisotopic (exact) mass is 447 g/mol. The van der Waals surface area contributed by atoms with Crippen LogP contribution in [0, 0.1) is 5.41 Å². The Morgan fingerprint density at radius 1 is 0.970 bits per heavy atom. The second kappa shape index (κ2) is 9.57. The van der Waals surface area contributed by atoms with Crippen molar-refractivity contribution in [3.63, 3.8) is 0 Å². The van der Waals surface area contributed by atoms with Crippen LogP contribution in [0.4, 0.5) is 5.69 Å². The van der Waals surface area contributed by atoms with Crippen molar-refractivity contribution < 1.29 is 19.2 Å². The number of rotatable bonds is 6.